The first kappa shape index (κ1) is 21.2. The van der Waals surface area contributed by atoms with Gasteiger partial charge in [-0.25, -0.2) is 0 Å². The van der Waals surface area contributed by atoms with Gasteiger partial charge in [-0.15, -0.1) is 0 Å². The molecular weight excluding hydrogens is 320 g/mol. The fourth-order valence-electron chi connectivity index (χ4n) is 3.02. The molecule has 0 saturated carbocycles. The second-order valence-corrected chi connectivity index (χ2v) is 6.29. The predicted molar refractivity (Wildman–Crippen MR) is 96.5 cm³/mol. The van der Waals surface area contributed by atoms with E-state index in [-0.39, 0.29) is 6.42 Å². The Labute approximate surface area is 150 Å². The van der Waals surface area contributed by atoms with Gasteiger partial charge in [-0.3, -0.25) is 9.59 Å². The predicted octanol–water partition coefficient (Wildman–Crippen LogP) is 4.67. The van der Waals surface area contributed by atoms with Crippen molar-refractivity contribution in [2.45, 2.75) is 64.4 Å². The van der Waals surface area contributed by atoms with Crippen LogP contribution in [-0.2, 0) is 14.3 Å². The largest absolute Gasteiger partial charge is 0.481 e. The Morgan fingerprint density at radius 3 is 2.12 bits per heavy atom. The second kappa shape index (κ2) is 12.5. The third kappa shape index (κ3) is 8.68. The first-order chi connectivity index (χ1) is 12.1. The van der Waals surface area contributed by atoms with Crippen LogP contribution < -0.4 is 0 Å². The highest BCUT2D eigenvalue weighted by atomic mass is 16.5. The number of rotatable bonds is 14. The lowest BCUT2D eigenvalue weighted by molar-refractivity contribution is -0.148. The van der Waals surface area contributed by atoms with Crippen LogP contribution in [0.1, 0.15) is 70.0 Å². The molecule has 0 saturated heterocycles. The highest BCUT2D eigenvalue weighted by Crippen LogP contribution is 2.30. The number of benzene rings is 1. The van der Waals surface area contributed by atoms with Crippen LogP contribution in [0.3, 0.4) is 0 Å². The van der Waals surface area contributed by atoms with Crippen LogP contribution >= 0.6 is 0 Å². The molecule has 1 aromatic rings. The number of carboxylic acid groups (broad SMARTS) is 2. The SMILES string of the molecule is CCOC(c1ccccc1)C(CCCCCCCCC(=O)O)C(=O)O. The number of carboxylic acids is 2. The van der Waals surface area contributed by atoms with Gasteiger partial charge in [-0.2, -0.15) is 0 Å². The molecule has 0 bridgehead atoms. The zero-order valence-electron chi connectivity index (χ0n) is 15.0. The van der Waals surface area contributed by atoms with E-state index in [0.29, 0.717) is 19.4 Å². The van der Waals surface area contributed by atoms with E-state index >= 15 is 0 Å². The molecule has 0 aromatic heterocycles. The van der Waals surface area contributed by atoms with Gasteiger partial charge in [-0.05, 0) is 25.3 Å². The quantitative estimate of drug-likeness (QED) is 0.476. The molecule has 0 heterocycles. The van der Waals surface area contributed by atoms with E-state index in [9.17, 15) is 14.7 Å². The molecule has 2 atom stereocenters. The van der Waals surface area contributed by atoms with Crippen molar-refractivity contribution in [1.29, 1.82) is 0 Å². The van der Waals surface area contributed by atoms with E-state index in [4.69, 9.17) is 9.84 Å². The van der Waals surface area contributed by atoms with Crippen molar-refractivity contribution in [3.05, 3.63) is 35.9 Å². The van der Waals surface area contributed by atoms with Crippen LogP contribution in [0.4, 0.5) is 0 Å². The van der Waals surface area contributed by atoms with Gasteiger partial charge >= 0.3 is 11.9 Å². The lowest BCUT2D eigenvalue weighted by Crippen LogP contribution is -2.24. The molecule has 0 radical (unpaired) electrons. The van der Waals surface area contributed by atoms with Gasteiger partial charge in [-0.1, -0.05) is 62.4 Å². The normalized spacial score (nSPS) is 13.3. The van der Waals surface area contributed by atoms with Crippen LogP contribution in [-0.4, -0.2) is 28.8 Å². The molecule has 140 valence electrons. The molecule has 1 aromatic carbocycles. The van der Waals surface area contributed by atoms with Gasteiger partial charge in [0.25, 0.3) is 0 Å². The van der Waals surface area contributed by atoms with Crippen LogP contribution in [0.15, 0.2) is 30.3 Å². The zero-order chi connectivity index (χ0) is 18.5. The molecule has 0 amide bonds. The molecule has 0 aliphatic rings. The first-order valence-corrected chi connectivity index (χ1v) is 9.17. The van der Waals surface area contributed by atoms with Crippen molar-refractivity contribution >= 4 is 11.9 Å². The van der Waals surface area contributed by atoms with Gasteiger partial charge < -0.3 is 14.9 Å². The Balaban J connectivity index is 2.42. The minimum atomic E-state index is -0.816. The summed E-state index contributed by atoms with van der Waals surface area (Å²) >= 11 is 0. The van der Waals surface area contributed by atoms with E-state index in [1.807, 2.05) is 37.3 Å². The summed E-state index contributed by atoms with van der Waals surface area (Å²) in [5, 5.41) is 18.2. The van der Waals surface area contributed by atoms with Crippen LogP contribution in [0, 0.1) is 5.92 Å². The number of carbonyl (C=O) groups is 2. The van der Waals surface area contributed by atoms with Crippen molar-refractivity contribution in [1.82, 2.24) is 0 Å². The Morgan fingerprint density at radius 2 is 1.56 bits per heavy atom. The summed E-state index contributed by atoms with van der Waals surface area (Å²) < 4.78 is 5.75. The van der Waals surface area contributed by atoms with Crippen molar-refractivity contribution in [3.63, 3.8) is 0 Å². The van der Waals surface area contributed by atoms with Gasteiger partial charge in [0.15, 0.2) is 0 Å². The van der Waals surface area contributed by atoms with E-state index in [0.717, 1.165) is 37.7 Å². The van der Waals surface area contributed by atoms with Crippen molar-refractivity contribution in [2.75, 3.05) is 6.61 Å². The zero-order valence-corrected chi connectivity index (χ0v) is 15.0. The Morgan fingerprint density at radius 1 is 0.960 bits per heavy atom. The standard InChI is InChI=1S/C20H30O5/c1-2-25-19(16-12-8-7-9-13-16)17(20(23)24)14-10-5-3-4-6-11-15-18(21)22/h7-9,12-13,17,19H,2-6,10-11,14-15H2,1H3,(H,21,22)(H,23,24). The summed E-state index contributed by atoms with van der Waals surface area (Å²) in [4.78, 5) is 22.2. The minimum Gasteiger partial charge on any atom is -0.481 e. The number of ether oxygens (including phenoxy) is 1. The Kier molecular flexibility index (Phi) is 10.6. The maximum Gasteiger partial charge on any atom is 0.309 e. The Bertz CT molecular complexity index is 500. The highest BCUT2D eigenvalue weighted by molar-refractivity contribution is 5.71. The summed E-state index contributed by atoms with van der Waals surface area (Å²) in [5.41, 5.74) is 0.908. The van der Waals surface area contributed by atoms with Gasteiger partial charge in [0.1, 0.15) is 0 Å². The third-order valence-corrected chi connectivity index (χ3v) is 4.31. The molecule has 0 aliphatic carbocycles. The molecule has 2 N–H and O–H groups in total. The number of hydrogen-bond donors (Lipinski definition) is 2. The maximum absolute atomic E-state index is 11.7. The summed E-state index contributed by atoms with van der Waals surface area (Å²) in [5.74, 6) is -2.11. The minimum absolute atomic E-state index is 0.230. The summed E-state index contributed by atoms with van der Waals surface area (Å²) in [7, 11) is 0. The van der Waals surface area contributed by atoms with Crippen molar-refractivity contribution in [3.8, 4) is 0 Å². The topological polar surface area (TPSA) is 83.8 Å². The fraction of sp³-hybridized carbons (Fsp3) is 0.600. The molecular formula is C20H30O5. The molecule has 0 fully saturated rings. The van der Waals surface area contributed by atoms with E-state index < -0.39 is 24.0 Å². The van der Waals surface area contributed by atoms with Crippen LogP contribution in [0.5, 0.6) is 0 Å². The molecule has 5 heteroatoms. The smallest absolute Gasteiger partial charge is 0.309 e. The van der Waals surface area contributed by atoms with E-state index in [1.54, 1.807) is 0 Å². The Hall–Kier alpha value is -1.88. The first-order valence-electron chi connectivity index (χ1n) is 9.17. The number of hydrogen-bond acceptors (Lipinski definition) is 3. The van der Waals surface area contributed by atoms with Gasteiger partial charge in [0.05, 0.1) is 12.0 Å². The molecule has 1 rings (SSSR count). The van der Waals surface area contributed by atoms with Crippen LogP contribution in [0.25, 0.3) is 0 Å². The van der Waals surface area contributed by atoms with E-state index in [2.05, 4.69) is 0 Å². The lowest BCUT2D eigenvalue weighted by Gasteiger charge is -2.24. The number of aliphatic carboxylic acids is 2. The van der Waals surface area contributed by atoms with E-state index in [1.165, 1.54) is 0 Å². The summed E-state index contributed by atoms with van der Waals surface area (Å²) in [6, 6.07) is 9.54. The monoisotopic (exact) mass is 350 g/mol. The second-order valence-electron chi connectivity index (χ2n) is 6.29. The summed E-state index contributed by atoms with van der Waals surface area (Å²) in [6.07, 6.45) is 5.84. The average Bonchev–Trinajstić information content (AvgIpc) is 2.59. The summed E-state index contributed by atoms with van der Waals surface area (Å²) in [6.45, 7) is 2.36. The molecule has 25 heavy (non-hydrogen) atoms. The molecule has 0 aliphatic heterocycles. The van der Waals surface area contributed by atoms with Crippen molar-refractivity contribution < 1.29 is 24.5 Å². The highest BCUT2D eigenvalue weighted by Gasteiger charge is 2.29. The fourth-order valence-corrected chi connectivity index (χ4v) is 3.02. The molecule has 5 nitrogen and oxygen atoms in total. The lowest BCUT2D eigenvalue weighted by atomic mass is 9.90. The van der Waals surface area contributed by atoms with Gasteiger partial charge in [0.2, 0.25) is 0 Å². The van der Waals surface area contributed by atoms with Crippen molar-refractivity contribution in [2.24, 2.45) is 5.92 Å². The number of unbranched alkanes of at least 4 members (excludes halogenated alkanes) is 5. The molecule has 0 spiro atoms. The third-order valence-electron chi connectivity index (χ3n) is 4.31. The van der Waals surface area contributed by atoms with Gasteiger partial charge in [0, 0.05) is 13.0 Å². The average molecular weight is 350 g/mol. The maximum atomic E-state index is 11.7. The molecule has 2 unspecified atom stereocenters. The van der Waals surface area contributed by atoms with Crippen LogP contribution in [0.2, 0.25) is 0 Å².